The predicted octanol–water partition coefficient (Wildman–Crippen LogP) is 2.81. The summed E-state index contributed by atoms with van der Waals surface area (Å²) < 4.78 is 40.2. The number of aromatic nitrogens is 2. The van der Waals surface area contributed by atoms with Crippen molar-refractivity contribution in [2.45, 2.75) is 38.0 Å². The topological polar surface area (TPSA) is 66.1 Å². The third-order valence-corrected chi connectivity index (χ3v) is 6.83. The molecule has 1 fully saturated rings. The van der Waals surface area contributed by atoms with Crippen molar-refractivity contribution in [3.05, 3.63) is 47.0 Å². The molecule has 0 bridgehead atoms. The molecule has 0 aliphatic carbocycles. The van der Waals surface area contributed by atoms with Gasteiger partial charge in [-0.3, -0.25) is 5.10 Å². The van der Waals surface area contributed by atoms with E-state index in [1.165, 1.54) is 12.1 Å². The molecule has 0 spiro atoms. The Labute approximate surface area is 141 Å². The van der Waals surface area contributed by atoms with Gasteiger partial charge < -0.3 is 0 Å². The molecule has 1 saturated heterocycles. The second-order valence-electron chi connectivity index (χ2n) is 6.44. The van der Waals surface area contributed by atoms with E-state index in [4.69, 9.17) is 0 Å². The molecule has 0 saturated carbocycles. The van der Waals surface area contributed by atoms with Crippen molar-refractivity contribution in [1.82, 2.24) is 14.5 Å². The van der Waals surface area contributed by atoms with E-state index in [0.717, 1.165) is 24.8 Å². The number of benzene rings is 1. The molecular weight excluding hydrogens is 329 g/mol. The minimum absolute atomic E-state index is 0.231. The maximum absolute atomic E-state index is 13.0. The van der Waals surface area contributed by atoms with Gasteiger partial charge >= 0.3 is 0 Å². The lowest BCUT2D eigenvalue weighted by atomic mass is 9.91. The van der Waals surface area contributed by atoms with Crippen LogP contribution in [0.3, 0.4) is 0 Å². The first kappa shape index (κ1) is 17.1. The summed E-state index contributed by atoms with van der Waals surface area (Å²) in [6.07, 6.45) is 2.48. The standard InChI is InChI=1S/C17H22FN3O2S/c1-12-17(13(2)20-19-12)24(22,23)21-9-7-15(8-10-21)11-14-3-5-16(18)6-4-14/h3-6,15H,7-11H2,1-2H3,(H,19,20). The molecule has 0 unspecified atom stereocenters. The fraction of sp³-hybridized carbons (Fsp3) is 0.471. The lowest BCUT2D eigenvalue weighted by molar-refractivity contribution is 0.272. The van der Waals surface area contributed by atoms with Gasteiger partial charge in [-0.05, 0) is 56.7 Å². The van der Waals surface area contributed by atoms with Crippen LogP contribution in [0.15, 0.2) is 29.2 Å². The zero-order chi connectivity index (χ0) is 17.3. The van der Waals surface area contributed by atoms with Crippen LogP contribution in [0.25, 0.3) is 0 Å². The second kappa shape index (κ2) is 6.64. The van der Waals surface area contributed by atoms with E-state index < -0.39 is 10.0 Å². The lowest BCUT2D eigenvalue weighted by Crippen LogP contribution is -2.39. The number of aromatic amines is 1. The normalized spacial score (nSPS) is 17.3. The van der Waals surface area contributed by atoms with Crippen molar-refractivity contribution in [1.29, 1.82) is 0 Å². The Morgan fingerprint density at radius 3 is 2.38 bits per heavy atom. The van der Waals surface area contributed by atoms with Crippen LogP contribution in [-0.2, 0) is 16.4 Å². The number of nitrogens with zero attached hydrogens (tertiary/aromatic N) is 2. The van der Waals surface area contributed by atoms with E-state index in [9.17, 15) is 12.8 Å². The Balaban J connectivity index is 1.65. The molecule has 2 heterocycles. The van der Waals surface area contributed by atoms with Gasteiger partial charge in [-0.25, -0.2) is 12.8 Å². The highest BCUT2D eigenvalue weighted by Crippen LogP contribution is 2.28. The van der Waals surface area contributed by atoms with Crippen LogP contribution in [0.2, 0.25) is 0 Å². The summed E-state index contributed by atoms with van der Waals surface area (Å²) in [5.41, 5.74) is 2.20. The van der Waals surface area contributed by atoms with E-state index >= 15 is 0 Å². The second-order valence-corrected chi connectivity index (χ2v) is 8.32. The number of sulfonamides is 1. The van der Waals surface area contributed by atoms with Gasteiger partial charge in [-0.15, -0.1) is 0 Å². The number of nitrogens with one attached hydrogen (secondary N) is 1. The number of rotatable bonds is 4. The fourth-order valence-electron chi connectivity index (χ4n) is 3.36. The van der Waals surface area contributed by atoms with Crippen LogP contribution in [0.4, 0.5) is 4.39 Å². The van der Waals surface area contributed by atoms with Crippen molar-refractivity contribution in [3.8, 4) is 0 Å². The Kier molecular flexibility index (Phi) is 4.73. The van der Waals surface area contributed by atoms with Gasteiger partial charge in [0.05, 0.1) is 11.4 Å². The zero-order valence-corrected chi connectivity index (χ0v) is 14.7. The smallest absolute Gasteiger partial charge is 0.246 e. The van der Waals surface area contributed by atoms with Gasteiger partial charge in [0, 0.05) is 13.1 Å². The van der Waals surface area contributed by atoms with Crippen molar-refractivity contribution >= 4 is 10.0 Å². The first-order valence-electron chi connectivity index (χ1n) is 8.14. The van der Waals surface area contributed by atoms with Crippen molar-refractivity contribution in [3.63, 3.8) is 0 Å². The highest BCUT2D eigenvalue weighted by molar-refractivity contribution is 7.89. The van der Waals surface area contributed by atoms with Gasteiger partial charge in [-0.2, -0.15) is 9.40 Å². The first-order chi connectivity index (χ1) is 11.4. The molecule has 2 aromatic rings. The summed E-state index contributed by atoms with van der Waals surface area (Å²) in [6, 6.07) is 6.55. The predicted molar refractivity (Wildman–Crippen MR) is 89.6 cm³/mol. The third kappa shape index (κ3) is 3.37. The minimum atomic E-state index is -3.49. The quantitative estimate of drug-likeness (QED) is 0.921. The van der Waals surface area contributed by atoms with Crippen LogP contribution in [0, 0.1) is 25.6 Å². The number of piperidine rings is 1. The monoisotopic (exact) mass is 351 g/mol. The van der Waals surface area contributed by atoms with Crippen LogP contribution >= 0.6 is 0 Å². The molecule has 5 nitrogen and oxygen atoms in total. The maximum Gasteiger partial charge on any atom is 0.246 e. The Morgan fingerprint density at radius 2 is 1.83 bits per heavy atom. The summed E-state index contributed by atoms with van der Waals surface area (Å²) in [5, 5.41) is 6.74. The molecule has 130 valence electrons. The summed E-state index contributed by atoms with van der Waals surface area (Å²) in [6.45, 7) is 4.46. The SMILES string of the molecule is Cc1n[nH]c(C)c1S(=O)(=O)N1CCC(Cc2ccc(F)cc2)CC1. The molecule has 24 heavy (non-hydrogen) atoms. The molecule has 0 amide bonds. The lowest BCUT2D eigenvalue weighted by Gasteiger charge is -2.31. The zero-order valence-electron chi connectivity index (χ0n) is 13.9. The molecule has 0 atom stereocenters. The Bertz CT molecular complexity index is 787. The van der Waals surface area contributed by atoms with Crippen molar-refractivity contribution in [2.24, 2.45) is 5.92 Å². The Morgan fingerprint density at radius 1 is 1.21 bits per heavy atom. The molecule has 7 heteroatoms. The summed E-state index contributed by atoms with van der Waals surface area (Å²) in [7, 11) is -3.49. The molecule has 1 aliphatic rings. The third-order valence-electron chi connectivity index (χ3n) is 4.67. The highest BCUT2D eigenvalue weighted by Gasteiger charge is 2.32. The largest absolute Gasteiger partial charge is 0.281 e. The number of H-pyrrole nitrogens is 1. The molecule has 1 N–H and O–H groups in total. The number of aryl methyl sites for hydroxylation is 2. The number of hydrogen-bond acceptors (Lipinski definition) is 3. The van der Waals surface area contributed by atoms with E-state index in [2.05, 4.69) is 10.2 Å². The maximum atomic E-state index is 13.0. The van der Waals surface area contributed by atoms with Gasteiger partial charge in [0.25, 0.3) is 0 Å². The van der Waals surface area contributed by atoms with E-state index in [1.54, 1.807) is 30.3 Å². The van der Waals surface area contributed by atoms with Crippen LogP contribution in [0.5, 0.6) is 0 Å². The number of halogens is 1. The van der Waals surface area contributed by atoms with Gasteiger partial charge in [0.1, 0.15) is 10.7 Å². The molecule has 3 rings (SSSR count). The molecule has 1 aromatic heterocycles. The first-order valence-corrected chi connectivity index (χ1v) is 9.58. The van der Waals surface area contributed by atoms with E-state index in [0.29, 0.717) is 35.3 Å². The molecule has 0 radical (unpaired) electrons. The molecule has 1 aromatic carbocycles. The van der Waals surface area contributed by atoms with Gasteiger partial charge in [0.15, 0.2) is 0 Å². The molecule has 1 aliphatic heterocycles. The van der Waals surface area contributed by atoms with Gasteiger partial charge in [0.2, 0.25) is 10.0 Å². The average molecular weight is 351 g/mol. The minimum Gasteiger partial charge on any atom is -0.281 e. The summed E-state index contributed by atoms with van der Waals surface area (Å²) in [5.74, 6) is 0.193. The number of hydrogen-bond donors (Lipinski definition) is 1. The van der Waals surface area contributed by atoms with Crippen LogP contribution in [-0.4, -0.2) is 36.0 Å². The van der Waals surface area contributed by atoms with Crippen LogP contribution < -0.4 is 0 Å². The Hall–Kier alpha value is -1.73. The summed E-state index contributed by atoms with van der Waals surface area (Å²) >= 11 is 0. The fourth-order valence-corrected chi connectivity index (χ4v) is 5.16. The molecular formula is C17H22FN3O2S. The average Bonchev–Trinajstić information content (AvgIpc) is 2.89. The van der Waals surface area contributed by atoms with Gasteiger partial charge in [-0.1, -0.05) is 12.1 Å². The van der Waals surface area contributed by atoms with Crippen LogP contribution in [0.1, 0.15) is 29.8 Å². The van der Waals surface area contributed by atoms with Crippen molar-refractivity contribution < 1.29 is 12.8 Å². The highest BCUT2D eigenvalue weighted by atomic mass is 32.2. The summed E-state index contributed by atoms with van der Waals surface area (Å²) in [4.78, 5) is 0.305. The van der Waals surface area contributed by atoms with E-state index in [1.807, 2.05) is 0 Å². The van der Waals surface area contributed by atoms with E-state index in [-0.39, 0.29) is 5.82 Å². The van der Waals surface area contributed by atoms with Crippen molar-refractivity contribution in [2.75, 3.05) is 13.1 Å².